The highest BCUT2D eigenvalue weighted by Crippen LogP contribution is 2.34. The van der Waals surface area contributed by atoms with Gasteiger partial charge in [0.25, 0.3) is 5.91 Å². The lowest BCUT2D eigenvalue weighted by molar-refractivity contribution is 0.0955. The molecule has 0 spiro atoms. The van der Waals surface area contributed by atoms with Crippen LogP contribution in [0.3, 0.4) is 0 Å². The van der Waals surface area contributed by atoms with Crippen molar-refractivity contribution in [2.24, 2.45) is 5.10 Å². The number of hydrogen-bond acceptors (Lipinski definition) is 5. The van der Waals surface area contributed by atoms with Gasteiger partial charge in [0.2, 0.25) is 0 Å². The molecule has 0 aliphatic carbocycles. The number of halogens is 1. The van der Waals surface area contributed by atoms with E-state index in [9.17, 15) is 9.90 Å². The summed E-state index contributed by atoms with van der Waals surface area (Å²) in [5.41, 5.74) is 3.36. The third-order valence-electron chi connectivity index (χ3n) is 2.65. The van der Waals surface area contributed by atoms with E-state index in [4.69, 9.17) is 16.3 Å². The quantitative estimate of drug-likeness (QED) is 0.655. The molecule has 0 saturated heterocycles. The van der Waals surface area contributed by atoms with Crippen LogP contribution in [-0.4, -0.2) is 28.8 Å². The lowest BCUT2D eigenvalue weighted by Gasteiger charge is -2.08. The minimum atomic E-state index is -0.376. The number of phenols is 1. The van der Waals surface area contributed by atoms with Crippen LogP contribution in [0.25, 0.3) is 0 Å². The van der Waals surface area contributed by atoms with Gasteiger partial charge in [-0.3, -0.25) is 9.78 Å². The van der Waals surface area contributed by atoms with E-state index in [0.29, 0.717) is 17.7 Å². The van der Waals surface area contributed by atoms with Gasteiger partial charge in [0, 0.05) is 12.4 Å². The molecule has 0 bridgehead atoms. The van der Waals surface area contributed by atoms with Gasteiger partial charge < -0.3 is 9.84 Å². The van der Waals surface area contributed by atoms with Crippen molar-refractivity contribution >= 4 is 23.7 Å². The molecule has 0 saturated carbocycles. The standard InChI is InChI=1S/C15H14ClN3O3/c1-2-22-13-7-10(6-12(16)14(13)20)8-18-19-15(21)11-4-3-5-17-9-11/h3-9,20H,2H2,1H3,(H,19,21)/b18-8-. The summed E-state index contributed by atoms with van der Waals surface area (Å²) in [4.78, 5) is 15.6. The number of amides is 1. The first kappa shape index (κ1) is 15.8. The number of carbonyl (C=O) groups excluding carboxylic acids is 1. The molecule has 2 aromatic rings. The fraction of sp³-hybridized carbons (Fsp3) is 0.133. The van der Waals surface area contributed by atoms with Crippen LogP contribution in [0.4, 0.5) is 0 Å². The van der Waals surface area contributed by atoms with Crippen LogP contribution in [0.15, 0.2) is 41.8 Å². The van der Waals surface area contributed by atoms with Gasteiger partial charge in [-0.1, -0.05) is 11.6 Å². The van der Waals surface area contributed by atoms with E-state index in [-0.39, 0.29) is 22.4 Å². The molecular formula is C15H14ClN3O3. The fourth-order valence-corrected chi connectivity index (χ4v) is 1.88. The number of rotatable bonds is 5. The zero-order valence-electron chi connectivity index (χ0n) is 11.8. The van der Waals surface area contributed by atoms with Crippen LogP contribution in [0.2, 0.25) is 5.02 Å². The summed E-state index contributed by atoms with van der Waals surface area (Å²) >= 11 is 5.90. The fourth-order valence-electron chi connectivity index (χ4n) is 1.66. The summed E-state index contributed by atoms with van der Waals surface area (Å²) in [6.07, 6.45) is 4.42. The average Bonchev–Trinajstić information content (AvgIpc) is 2.53. The predicted octanol–water partition coefficient (Wildman–Crippen LogP) is 2.60. The molecule has 1 heterocycles. The van der Waals surface area contributed by atoms with Crippen molar-refractivity contribution in [1.29, 1.82) is 0 Å². The smallest absolute Gasteiger partial charge is 0.272 e. The highest BCUT2D eigenvalue weighted by Gasteiger charge is 2.09. The number of nitrogens with one attached hydrogen (secondary N) is 1. The lowest BCUT2D eigenvalue weighted by atomic mass is 10.2. The number of hydrogen-bond donors (Lipinski definition) is 2. The predicted molar refractivity (Wildman–Crippen MR) is 83.6 cm³/mol. The van der Waals surface area contributed by atoms with Crippen LogP contribution < -0.4 is 10.2 Å². The number of pyridine rings is 1. The van der Waals surface area contributed by atoms with Gasteiger partial charge in [-0.05, 0) is 36.8 Å². The number of carbonyl (C=O) groups is 1. The molecule has 1 amide bonds. The molecule has 0 radical (unpaired) electrons. The number of hydrazone groups is 1. The maximum atomic E-state index is 11.8. The first-order chi connectivity index (χ1) is 10.6. The monoisotopic (exact) mass is 319 g/mol. The largest absolute Gasteiger partial charge is 0.503 e. The van der Waals surface area contributed by atoms with Crippen molar-refractivity contribution in [2.75, 3.05) is 6.61 Å². The first-order valence-electron chi connectivity index (χ1n) is 6.50. The van der Waals surface area contributed by atoms with Gasteiger partial charge in [-0.15, -0.1) is 0 Å². The molecule has 114 valence electrons. The van der Waals surface area contributed by atoms with E-state index in [1.54, 1.807) is 31.3 Å². The minimum absolute atomic E-state index is 0.125. The highest BCUT2D eigenvalue weighted by molar-refractivity contribution is 6.32. The molecule has 0 aliphatic heterocycles. The third kappa shape index (κ3) is 3.95. The maximum absolute atomic E-state index is 11.8. The Kier molecular flexibility index (Phi) is 5.32. The molecule has 2 N–H and O–H groups in total. The summed E-state index contributed by atoms with van der Waals surface area (Å²) in [7, 11) is 0. The van der Waals surface area contributed by atoms with Gasteiger partial charge in [0.1, 0.15) is 0 Å². The Bertz CT molecular complexity index is 690. The molecule has 0 atom stereocenters. The first-order valence-corrected chi connectivity index (χ1v) is 6.88. The third-order valence-corrected chi connectivity index (χ3v) is 2.94. The molecule has 6 nitrogen and oxygen atoms in total. The lowest BCUT2D eigenvalue weighted by Crippen LogP contribution is -2.17. The summed E-state index contributed by atoms with van der Waals surface area (Å²) < 4.78 is 5.26. The van der Waals surface area contributed by atoms with Crippen molar-refractivity contribution in [3.8, 4) is 11.5 Å². The Labute approximate surface area is 132 Å². The second-order valence-corrected chi connectivity index (χ2v) is 4.63. The average molecular weight is 320 g/mol. The SMILES string of the molecule is CCOc1cc(/C=N\NC(=O)c2cccnc2)cc(Cl)c1O. The molecule has 0 aliphatic rings. The molecule has 22 heavy (non-hydrogen) atoms. The Hall–Kier alpha value is -2.60. The van der Waals surface area contributed by atoms with E-state index >= 15 is 0 Å². The molecule has 0 unspecified atom stereocenters. The van der Waals surface area contributed by atoms with Crippen molar-refractivity contribution in [2.45, 2.75) is 6.92 Å². The zero-order chi connectivity index (χ0) is 15.9. The van der Waals surface area contributed by atoms with Gasteiger partial charge in [0.15, 0.2) is 11.5 Å². The van der Waals surface area contributed by atoms with Crippen LogP contribution in [0.1, 0.15) is 22.8 Å². The van der Waals surface area contributed by atoms with Crippen LogP contribution in [0, 0.1) is 0 Å². The van der Waals surface area contributed by atoms with Crippen molar-refractivity contribution < 1.29 is 14.6 Å². The van der Waals surface area contributed by atoms with Crippen molar-refractivity contribution in [3.63, 3.8) is 0 Å². The molecule has 7 heteroatoms. The Morgan fingerprint density at radius 2 is 2.36 bits per heavy atom. The number of nitrogens with zero attached hydrogens (tertiary/aromatic N) is 2. The molecule has 2 rings (SSSR count). The van der Waals surface area contributed by atoms with Gasteiger partial charge in [0.05, 0.1) is 23.4 Å². The summed E-state index contributed by atoms with van der Waals surface area (Å²) in [5, 5.41) is 13.7. The molecule has 1 aromatic heterocycles. The van der Waals surface area contributed by atoms with E-state index in [1.807, 2.05) is 0 Å². The Morgan fingerprint density at radius 3 is 3.05 bits per heavy atom. The highest BCUT2D eigenvalue weighted by atomic mass is 35.5. The number of aromatic nitrogens is 1. The Morgan fingerprint density at radius 1 is 1.55 bits per heavy atom. The Balaban J connectivity index is 2.09. The second kappa shape index (κ2) is 7.42. The zero-order valence-corrected chi connectivity index (χ0v) is 12.5. The summed E-state index contributed by atoms with van der Waals surface area (Å²) in [6.45, 7) is 2.18. The minimum Gasteiger partial charge on any atom is -0.503 e. The number of benzene rings is 1. The number of aromatic hydroxyl groups is 1. The van der Waals surface area contributed by atoms with Gasteiger partial charge in [-0.25, -0.2) is 5.43 Å². The van der Waals surface area contributed by atoms with Gasteiger partial charge in [-0.2, -0.15) is 5.10 Å². The van der Waals surface area contributed by atoms with E-state index in [0.717, 1.165) is 0 Å². The van der Waals surface area contributed by atoms with Crippen molar-refractivity contribution in [3.05, 3.63) is 52.8 Å². The van der Waals surface area contributed by atoms with Crippen LogP contribution >= 0.6 is 11.6 Å². The number of ether oxygens (including phenoxy) is 1. The van der Waals surface area contributed by atoms with Crippen LogP contribution in [-0.2, 0) is 0 Å². The van der Waals surface area contributed by atoms with Crippen molar-refractivity contribution in [1.82, 2.24) is 10.4 Å². The molecule has 1 aromatic carbocycles. The molecular weight excluding hydrogens is 306 g/mol. The van der Waals surface area contributed by atoms with E-state index < -0.39 is 0 Å². The normalized spacial score (nSPS) is 10.6. The second-order valence-electron chi connectivity index (χ2n) is 4.22. The number of phenolic OH excluding ortho intramolecular Hbond substituents is 1. The summed E-state index contributed by atoms with van der Waals surface area (Å²) in [5.74, 6) is -0.241. The maximum Gasteiger partial charge on any atom is 0.272 e. The topological polar surface area (TPSA) is 83.8 Å². The molecule has 0 fully saturated rings. The van der Waals surface area contributed by atoms with Gasteiger partial charge >= 0.3 is 0 Å². The van der Waals surface area contributed by atoms with Crippen LogP contribution in [0.5, 0.6) is 11.5 Å². The van der Waals surface area contributed by atoms with E-state index in [2.05, 4.69) is 15.5 Å². The summed E-state index contributed by atoms with van der Waals surface area (Å²) in [6, 6.07) is 6.37. The van der Waals surface area contributed by atoms with E-state index in [1.165, 1.54) is 18.5 Å².